The van der Waals surface area contributed by atoms with Gasteiger partial charge in [0.25, 0.3) is 0 Å². The summed E-state index contributed by atoms with van der Waals surface area (Å²) in [5.41, 5.74) is 1.36. The smallest absolute Gasteiger partial charge is 0.210 e. The molecule has 6 atom stereocenters. The number of hydrogen-bond donors (Lipinski definition) is 0. The molecule has 0 nitrogen and oxygen atoms in total. The summed E-state index contributed by atoms with van der Waals surface area (Å²) >= 11 is 0. The Morgan fingerprint density at radius 1 is 0.390 bits per heavy atom. The third-order valence-electron chi connectivity index (χ3n) is 14.3. The Bertz CT molecular complexity index is 1010. The molecule has 6 saturated carbocycles. The summed E-state index contributed by atoms with van der Waals surface area (Å²) in [5, 5.41) is 0. The largest absolute Gasteiger partial charge is 0.392 e. The van der Waals surface area contributed by atoms with E-state index in [9.17, 15) is 48.3 Å². The minimum atomic E-state index is -3.96. The van der Waals surface area contributed by atoms with Gasteiger partial charge in [-0.05, 0) is 98.7 Å². The summed E-state index contributed by atoms with van der Waals surface area (Å²) in [4.78, 5) is 0. The van der Waals surface area contributed by atoms with Gasteiger partial charge in [0.05, 0.1) is 17.8 Å². The van der Waals surface area contributed by atoms with E-state index in [1.54, 1.807) is 6.92 Å². The molecule has 0 N–H and O–H groups in total. The molecule has 0 heterocycles. The standard InChI is InChI=1S/3C8H13F3.C8H14F2.2C8H16/c1-6-2-4-7(5-3-6)8(9,10)11;1-6-3-2-4-7(5-6)8(9,10)11;1-6-4-2-3-5-7(6)8(9,10)11;1-6-4-2-3-5-7(6)8(9)10;2*1-8(2)6-4-3-5-7-8/h3*6-7H,2-5H2,1H3;6-8H,2-5H2,1H3;2*3-7H2,1-2H3. The first-order chi connectivity index (χ1) is 27.1. The summed E-state index contributed by atoms with van der Waals surface area (Å²) in [6, 6.07) is 0. The topological polar surface area (TPSA) is 0 Å². The van der Waals surface area contributed by atoms with E-state index < -0.39 is 42.7 Å². The van der Waals surface area contributed by atoms with Crippen molar-refractivity contribution in [2.24, 2.45) is 58.2 Å². The highest BCUT2D eigenvalue weighted by Crippen LogP contribution is 2.42. The average Bonchev–Trinajstić information content (AvgIpc) is 3.12. The van der Waals surface area contributed by atoms with E-state index in [0.29, 0.717) is 48.9 Å². The van der Waals surface area contributed by atoms with E-state index in [-0.39, 0.29) is 23.7 Å². The Morgan fingerprint density at radius 2 is 0.814 bits per heavy atom. The quantitative estimate of drug-likeness (QED) is 0.230. The van der Waals surface area contributed by atoms with Crippen LogP contribution in [0.2, 0.25) is 0 Å². The fraction of sp³-hybridized carbons (Fsp3) is 1.00. The van der Waals surface area contributed by atoms with Gasteiger partial charge in [-0.25, -0.2) is 8.78 Å². The molecule has 354 valence electrons. The van der Waals surface area contributed by atoms with Gasteiger partial charge in [0.15, 0.2) is 0 Å². The molecule has 11 heteroatoms. The predicted octanol–water partition coefficient (Wildman–Crippen LogP) is 19.2. The molecule has 6 aliphatic rings. The van der Waals surface area contributed by atoms with Gasteiger partial charge in [0.2, 0.25) is 6.43 Å². The highest BCUT2D eigenvalue weighted by atomic mass is 19.4. The number of hydrogen-bond acceptors (Lipinski definition) is 0. The van der Waals surface area contributed by atoms with E-state index in [1.807, 2.05) is 20.8 Å². The van der Waals surface area contributed by atoms with E-state index in [2.05, 4.69) is 27.7 Å². The van der Waals surface area contributed by atoms with Crippen molar-refractivity contribution in [3.05, 3.63) is 0 Å². The zero-order valence-corrected chi connectivity index (χ0v) is 38.2. The molecule has 6 rings (SSSR count). The number of rotatable bonds is 1. The fourth-order valence-corrected chi connectivity index (χ4v) is 9.86. The maximum Gasteiger partial charge on any atom is 0.392 e. The van der Waals surface area contributed by atoms with Crippen molar-refractivity contribution < 1.29 is 48.3 Å². The Kier molecular flexibility index (Phi) is 25.5. The third-order valence-corrected chi connectivity index (χ3v) is 14.3. The summed E-state index contributed by atoms with van der Waals surface area (Å²) in [7, 11) is 0. The fourth-order valence-electron chi connectivity index (χ4n) is 9.86. The minimum absolute atomic E-state index is 0.163. The summed E-state index contributed by atoms with van der Waals surface area (Å²) in [6.07, 6.45) is 11.9. The van der Waals surface area contributed by atoms with Crippen LogP contribution in [0.5, 0.6) is 0 Å². The van der Waals surface area contributed by atoms with Crippen LogP contribution in [-0.2, 0) is 0 Å². The maximum atomic E-state index is 12.2. The molecular weight excluding hydrogens is 786 g/mol. The Balaban J connectivity index is 0.000000356. The van der Waals surface area contributed by atoms with Gasteiger partial charge in [0.1, 0.15) is 0 Å². The zero-order valence-electron chi connectivity index (χ0n) is 38.2. The first-order valence-electron chi connectivity index (χ1n) is 23.6. The van der Waals surface area contributed by atoms with Crippen molar-refractivity contribution in [3.8, 4) is 0 Å². The molecule has 0 aromatic heterocycles. The monoisotopic (exact) mass is 871 g/mol. The van der Waals surface area contributed by atoms with E-state index in [4.69, 9.17) is 0 Å². The summed E-state index contributed by atoms with van der Waals surface area (Å²) in [6.45, 7) is 17.1. The number of halogens is 11. The molecule has 0 aromatic rings. The molecule has 0 aliphatic heterocycles. The maximum absolute atomic E-state index is 12.2. The van der Waals surface area contributed by atoms with E-state index >= 15 is 0 Å². The highest BCUT2D eigenvalue weighted by Gasteiger charge is 2.44. The van der Waals surface area contributed by atoms with Crippen molar-refractivity contribution >= 4 is 0 Å². The van der Waals surface area contributed by atoms with E-state index in [1.165, 1.54) is 64.2 Å². The van der Waals surface area contributed by atoms with Crippen molar-refractivity contribution in [2.45, 2.75) is 247 Å². The van der Waals surface area contributed by atoms with Crippen LogP contribution in [0.3, 0.4) is 0 Å². The van der Waals surface area contributed by atoms with Crippen molar-refractivity contribution in [1.82, 2.24) is 0 Å². The van der Waals surface area contributed by atoms with Crippen molar-refractivity contribution in [1.29, 1.82) is 0 Å². The van der Waals surface area contributed by atoms with Crippen LogP contribution >= 0.6 is 0 Å². The first kappa shape index (κ1) is 56.2. The number of alkyl halides is 11. The highest BCUT2D eigenvalue weighted by molar-refractivity contribution is 4.79. The van der Waals surface area contributed by atoms with Crippen LogP contribution in [0.4, 0.5) is 48.3 Å². The lowest BCUT2D eigenvalue weighted by Gasteiger charge is -2.30. The van der Waals surface area contributed by atoms with Gasteiger partial charge in [-0.1, -0.05) is 158 Å². The van der Waals surface area contributed by atoms with Crippen molar-refractivity contribution in [2.75, 3.05) is 0 Å². The lowest BCUT2D eigenvalue weighted by atomic mass is 9.78. The van der Waals surface area contributed by atoms with Crippen LogP contribution in [0.25, 0.3) is 0 Å². The predicted molar refractivity (Wildman–Crippen MR) is 222 cm³/mol. The minimum Gasteiger partial charge on any atom is -0.210 e. The molecule has 0 spiro atoms. The molecule has 0 saturated heterocycles. The van der Waals surface area contributed by atoms with Gasteiger partial charge in [-0.2, -0.15) is 39.5 Å². The first-order valence-corrected chi connectivity index (χ1v) is 23.6. The SMILES string of the molecule is CC1(C)CCCCC1.CC1(C)CCCCC1.CC1CCC(C(F)(F)F)CC1.CC1CCCC(C(F)(F)F)C1.CC1CCCCC1C(F)(F)F.CC1CCCCC1C(F)F. The van der Waals surface area contributed by atoms with Gasteiger partial charge in [0, 0.05) is 5.92 Å². The van der Waals surface area contributed by atoms with Gasteiger partial charge in [-0.15, -0.1) is 0 Å². The zero-order chi connectivity index (χ0) is 45.1. The molecule has 6 unspecified atom stereocenters. The van der Waals surface area contributed by atoms with Crippen LogP contribution in [0.15, 0.2) is 0 Å². The van der Waals surface area contributed by atoms with Crippen molar-refractivity contribution in [3.63, 3.8) is 0 Å². The second-order valence-corrected chi connectivity index (χ2v) is 21.1. The second kappa shape index (κ2) is 26.8. The molecule has 0 aromatic carbocycles. The van der Waals surface area contributed by atoms with Gasteiger partial charge < -0.3 is 0 Å². The van der Waals surface area contributed by atoms with Gasteiger partial charge >= 0.3 is 18.5 Å². The van der Waals surface area contributed by atoms with Crippen LogP contribution in [-0.4, -0.2) is 25.0 Å². The summed E-state index contributed by atoms with van der Waals surface area (Å²) in [5.74, 6) is -2.54. The van der Waals surface area contributed by atoms with E-state index in [0.717, 1.165) is 70.6 Å². The molecule has 0 bridgehead atoms. The molecule has 6 aliphatic carbocycles. The Morgan fingerprint density at radius 3 is 1.10 bits per heavy atom. The lowest BCUT2D eigenvalue weighted by Crippen LogP contribution is -2.31. The van der Waals surface area contributed by atoms with Gasteiger partial charge in [-0.3, -0.25) is 0 Å². The Labute approximate surface area is 353 Å². The third kappa shape index (κ3) is 25.2. The normalized spacial score (nSPS) is 32.3. The van der Waals surface area contributed by atoms with Crippen LogP contribution in [0.1, 0.15) is 222 Å². The lowest BCUT2D eigenvalue weighted by molar-refractivity contribution is -0.194. The van der Waals surface area contributed by atoms with Crippen LogP contribution < -0.4 is 0 Å². The molecule has 59 heavy (non-hydrogen) atoms. The second-order valence-electron chi connectivity index (χ2n) is 21.1. The Hall–Kier alpha value is -0.770. The molecule has 0 amide bonds. The van der Waals surface area contributed by atoms with Crippen LogP contribution in [0, 0.1) is 58.2 Å². The molecule has 6 fully saturated rings. The molecular formula is C48H85F11. The summed E-state index contributed by atoms with van der Waals surface area (Å²) < 4.78 is 133. The molecule has 0 radical (unpaired) electrons. The average molecular weight is 871 g/mol.